The molecule has 1 aromatic heterocycles. The number of para-hydroxylation sites is 1. The van der Waals surface area contributed by atoms with Crippen molar-refractivity contribution in [2.24, 2.45) is 5.10 Å². The number of aromatic nitrogens is 1. The second-order valence-corrected chi connectivity index (χ2v) is 7.61. The largest absolute Gasteiger partial charge is 0.493 e. The fourth-order valence-corrected chi connectivity index (χ4v) is 3.39. The molecule has 0 aliphatic carbocycles. The number of carbonyl (C=O) groups is 1. The minimum Gasteiger partial charge on any atom is -0.493 e. The highest BCUT2D eigenvalue weighted by Crippen LogP contribution is 2.29. The summed E-state index contributed by atoms with van der Waals surface area (Å²) in [6.07, 6.45) is 3.19. The van der Waals surface area contributed by atoms with Crippen LogP contribution in [-0.4, -0.2) is 30.8 Å². The quantitative estimate of drug-likeness (QED) is 0.272. The highest BCUT2D eigenvalue weighted by molar-refractivity contribution is 6.31. The Morgan fingerprint density at radius 1 is 1.00 bits per heavy atom. The van der Waals surface area contributed by atoms with E-state index in [1.165, 1.54) is 6.21 Å². The summed E-state index contributed by atoms with van der Waals surface area (Å²) in [4.78, 5) is 16.4. The van der Waals surface area contributed by atoms with Crippen molar-refractivity contribution in [1.82, 2.24) is 10.4 Å². The van der Waals surface area contributed by atoms with Crippen LogP contribution >= 0.6 is 11.6 Å². The predicted molar refractivity (Wildman–Crippen MR) is 132 cm³/mol. The Morgan fingerprint density at radius 2 is 1.85 bits per heavy atom. The van der Waals surface area contributed by atoms with Gasteiger partial charge < -0.3 is 14.2 Å². The van der Waals surface area contributed by atoms with Crippen LogP contribution < -0.4 is 19.6 Å². The average Bonchev–Trinajstić information content (AvgIpc) is 2.87. The standard InChI is InChI=1S/C26H22ClN3O4/c1-32-24-14-18(11-12-22(24)33-16-20-6-2-3-9-21(20)27)15-29-30-25(31)17-34-23-10-4-7-19-8-5-13-28-26(19)23/h2-15H,16-17H2,1H3,(H,30,31)/b29-15+. The molecule has 34 heavy (non-hydrogen) atoms. The predicted octanol–water partition coefficient (Wildman–Crippen LogP) is 5.00. The van der Waals surface area contributed by atoms with Gasteiger partial charge in [-0.05, 0) is 42.0 Å². The number of rotatable bonds is 9. The second-order valence-electron chi connectivity index (χ2n) is 7.20. The molecule has 172 valence electrons. The van der Waals surface area contributed by atoms with Crippen LogP contribution in [-0.2, 0) is 11.4 Å². The van der Waals surface area contributed by atoms with Gasteiger partial charge in [-0.15, -0.1) is 0 Å². The van der Waals surface area contributed by atoms with E-state index in [0.717, 1.165) is 16.5 Å². The minimum absolute atomic E-state index is 0.189. The van der Waals surface area contributed by atoms with Crippen molar-refractivity contribution < 1.29 is 19.0 Å². The Kier molecular flexibility index (Phi) is 7.57. The molecule has 4 rings (SSSR count). The molecule has 7 nitrogen and oxygen atoms in total. The molecule has 1 amide bonds. The molecule has 0 saturated heterocycles. The van der Waals surface area contributed by atoms with Crippen LogP contribution in [0.5, 0.6) is 17.2 Å². The zero-order valence-electron chi connectivity index (χ0n) is 18.4. The Balaban J connectivity index is 1.32. The monoisotopic (exact) mass is 475 g/mol. The molecule has 4 aromatic rings. The second kappa shape index (κ2) is 11.2. The van der Waals surface area contributed by atoms with Crippen LogP contribution in [0.2, 0.25) is 5.02 Å². The lowest BCUT2D eigenvalue weighted by molar-refractivity contribution is -0.123. The smallest absolute Gasteiger partial charge is 0.277 e. The number of nitrogens with zero attached hydrogens (tertiary/aromatic N) is 2. The van der Waals surface area contributed by atoms with Gasteiger partial charge in [-0.3, -0.25) is 9.78 Å². The summed E-state index contributed by atoms with van der Waals surface area (Å²) in [5, 5.41) is 5.57. The molecular formula is C26H22ClN3O4. The lowest BCUT2D eigenvalue weighted by Crippen LogP contribution is -2.24. The van der Waals surface area contributed by atoms with Gasteiger partial charge in [0, 0.05) is 22.2 Å². The summed E-state index contributed by atoms with van der Waals surface area (Å²) in [6.45, 7) is 0.122. The third kappa shape index (κ3) is 5.82. The molecule has 0 spiro atoms. The van der Waals surface area contributed by atoms with Crippen LogP contribution in [0.1, 0.15) is 11.1 Å². The first kappa shape index (κ1) is 23.1. The molecule has 3 aromatic carbocycles. The Morgan fingerprint density at radius 3 is 2.71 bits per heavy atom. The lowest BCUT2D eigenvalue weighted by atomic mass is 10.2. The number of pyridine rings is 1. The normalized spacial score (nSPS) is 10.9. The SMILES string of the molecule is COc1cc(/C=N/NC(=O)COc2cccc3cccnc23)ccc1OCc1ccccc1Cl. The molecule has 1 heterocycles. The van der Waals surface area contributed by atoms with Crippen LogP contribution in [0, 0.1) is 0 Å². The molecule has 0 radical (unpaired) electrons. The van der Waals surface area contributed by atoms with Crippen molar-refractivity contribution in [1.29, 1.82) is 0 Å². The van der Waals surface area contributed by atoms with Gasteiger partial charge in [0.25, 0.3) is 5.91 Å². The lowest BCUT2D eigenvalue weighted by Gasteiger charge is -2.12. The highest BCUT2D eigenvalue weighted by atomic mass is 35.5. The molecule has 1 N–H and O–H groups in total. The van der Waals surface area contributed by atoms with E-state index in [1.54, 1.807) is 37.6 Å². The number of halogens is 1. The van der Waals surface area contributed by atoms with Crippen LogP contribution in [0.15, 0.2) is 84.1 Å². The minimum atomic E-state index is -0.393. The molecule has 0 fully saturated rings. The van der Waals surface area contributed by atoms with Crippen molar-refractivity contribution >= 4 is 34.6 Å². The molecule has 8 heteroatoms. The third-order valence-corrected chi connectivity index (χ3v) is 5.25. The van der Waals surface area contributed by atoms with E-state index in [2.05, 4.69) is 15.5 Å². The van der Waals surface area contributed by atoms with E-state index in [-0.39, 0.29) is 6.61 Å². The van der Waals surface area contributed by atoms with Crippen LogP contribution in [0.25, 0.3) is 10.9 Å². The van der Waals surface area contributed by atoms with Crippen LogP contribution in [0.3, 0.4) is 0 Å². The first-order chi connectivity index (χ1) is 16.6. The zero-order chi connectivity index (χ0) is 23.8. The molecule has 0 unspecified atom stereocenters. The number of nitrogens with one attached hydrogen (secondary N) is 1. The van der Waals surface area contributed by atoms with E-state index in [1.807, 2.05) is 48.5 Å². The molecule has 0 atom stereocenters. The van der Waals surface area contributed by atoms with E-state index in [9.17, 15) is 4.79 Å². The third-order valence-electron chi connectivity index (χ3n) is 4.89. The number of benzene rings is 3. The van der Waals surface area contributed by atoms with Crippen LogP contribution in [0.4, 0.5) is 0 Å². The zero-order valence-corrected chi connectivity index (χ0v) is 19.2. The first-order valence-electron chi connectivity index (χ1n) is 10.5. The van der Waals surface area contributed by atoms with Gasteiger partial charge in [-0.25, -0.2) is 5.43 Å². The molecular weight excluding hydrogens is 454 g/mol. The van der Waals surface area contributed by atoms with E-state index < -0.39 is 5.91 Å². The van der Waals surface area contributed by atoms with Crippen molar-refractivity contribution in [2.75, 3.05) is 13.7 Å². The number of carbonyl (C=O) groups excluding carboxylic acids is 1. The van der Waals surface area contributed by atoms with Gasteiger partial charge in [0.1, 0.15) is 17.9 Å². The number of hydrogen-bond donors (Lipinski definition) is 1. The van der Waals surface area contributed by atoms with E-state index in [0.29, 0.717) is 34.4 Å². The number of ether oxygens (including phenoxy) is 3. The Bertz CT molecular complexity index is 1320. The molecule has 0 aliphatic rings. The average molecular weight is 476 g/mol. The number of methoxy groups -OCH3 is 1. The van der Waals surface area contributed by atoms with Gasteiger partial charge in [0.2, 0.25) is 0 Å². The number of hydrazone groups is 1. The van der Waals surface area contributed by atoms with Crippen molar-refractivity contribution in [3.8, 4) is 17.2 Å². The summed E-state index contributed by atoms with van der Waals surface area (Å²) in [6, 6.07) is 22.2. The van der Waals surface area contributed by atoms with Gasteiger partial charge in [-0.2, -0.15) is 5.10 Å². The van der Waals surface area contributed by atoms with E-state index in [4.69, 9.17) is 25.8 Å². The van der Waals surface area contributed by atoms with Gasteiger partial charge in [0.15, 0.2) is 18.1 Å². The maximum absolute atomic E-state index is 12.1. The van der Waals surface area contributed by atoms with Crippen molar-refractivity contribution in [3.63, 3.8) is 0 Å². The molecule has 0 aliphatic heterocycles. The molecule has 0 saturated carbocycles. The Hall–Kier alpha value is -4.10. The topological polar surface area (TPSA) is 82.0 Å². The fraction of sp³-hybridized carbons (Fsp3) is 0.115. The first-order valence-corrected chi connectivity index (χ1v) is 10.8. The fourth-order valence-electron chi connectivity index (χ4n) is 3.20. The summed E-state index contributed by atoms with van der Waals surface area (Å²) >= 11 is 6.18. The van der Waals surface area contributed by atoms with Crippen molar-refractivity contribution in [3.05, 3.63) is 95.1 Å². The highest BCUT2D eigenvalue weighted by Gasteiger charge is 2.08. The van der Waals surface area contributed by atoms with Gasteiger partial charge >= 0.3 is 0 Å². The summed E-state index contributed by atoms with van der Waals surface area (Å²) < 4.78 is 16.9. The van der Waals surface area contributed by atoms with Crippen molar-refractivity contribution in [2.45, 2.75) is 6.61 Å². The summed E-state index contributed by atoms with van der Waals surface area (Å²) in [5.74, 6) is 1.25. The number of hydrogen-bond acceptors (Lipinski definition) is 6. The maximum atomic E-state index is 12.1. The number of fused-ring (bicyclic) bond motifs is 1. The summed E-state index contributed by atoms with van der Waals surface area (Å²) in [5.41, 5.74) is 4.75. The van der Waals surface area contributed by atoms with Gasteiger partial charge in [0.05, 0.1) is 13.3 Å². The number of amides is 1. The Labute approximate surface area is 201 Å². The van der Waals surface area contributed by atoms with E-state index >= 15 is 0 Å². The van der Waals surface area contributed by atoms with Gasteiger partial charge in [-0.1, -0.05) is 48.0 Å². The molecule has 0 bridgehead atoms. The maximum Gasteiger partial charge on any atom is 0.277 e. The summed E-state index contributed by atoms with van der Waals surface area (Å²) in [7, 11) is 1.56.